The summed E-state index contributed by atoms with van der Waals surface area (Å²) in [6.45, 7) is 12.4. The molecule has 0 aromatic heterocycles. The molecule has 0 saturated carbocycles. The molecule has 1 unspecified atom stereocenters. The van der Waals surface area contributed by atoms with Crippen LogP contribution in [0.1, 0.15) is 53.0 Å². The van der Waals surface area contributed by atoms with E-state index in [0.29, 0.717) is 36.5 Å². The molecule has 1 amide bonds. The minimum atomic E-state index is -0.156. The second-order valence-corrected chi connectivity index (χ2v) is 7.44. The number of guanidine groups is 1. The number of hydrogen-bond donors (Lipinski definition) is 3. The second-order valence-electron chi connectivity index (χ2n) is 7.44. The summed E-state index contributed by atoms with van der Waals surface area (Å²) in [5, 5.41) is 9.46. The van der Waals surface area contributed by atoms with Crippen molar-refractivity contribution in [3.8, 4) is 11.5 Å². The molecule has 0 bridgehead atoms. The number of methoxy groups -OCH3 is 1. The largest absolute Gasteiger partial charge is 0.493 e. The van der Waals surface area contributed by atoms with Gasteiger partial charge in [0.2, 0.25) is 0 Å². The first kappa shape index (κ1) is 24.6. The van der Waals surface area contributed by atoms with Crippen LogP contribution in [0.25, 0.3) is 0 Å². The molecule has 0 aliphatic rings. The Kier molecular flexibility index (Phi) is 11.6. The van der Waals surface area contributed by atoms with Gasteiger partial charge in [-0.1, -0.05) is 19.9 Å². The van der Waals surface area contributed by atoms with Gasteiger partial charge in [-0.3, -0.25) is 4.79 Å². The molecule has 1 aromatic rings. The summed E-state index contributed by atoms with van der Waals surface area (Å²) in [5.41, 5.74) is 0.999. The van der Waals surface area contributed by atoms with E-state index in [-0.39, 0.29) is 12.5 Å². The third-order valence-electron chi connectivity index (χ3n) is 4.28. The maximum absolute atomic E-state index is 11.6. The average molecular weight is 407 g/mol. The molecule has 0 heterocycles. The smallest absolute Gasteiger partial charge is 0.257 e. The van der Waals surface area contributed by atoms with Crippen molar-refractivity contribution < 1.29 is 14.3 Å². The predicted octanol–water partition coefficient (Wildman–Crippen LogP) is 3.09. The molecule has 1 atom stereocenters. The lowest BCUT2D eigenvalue weighted by atomic mass is 10.0. The third-order valence-corrected chi connectivity index (χ3v) is 4.28. The van der Waals surface area contributed by atoms with Gasteiger partial charge in [-0.05, 0) is 57.2 Å². The summed E-state index contributed by atoms with van der Waals surface area (Å²) in [6, 6.07) is 6.00. The van der Waals surface area contributed by atoms with Crippen LogP contribution in [0.3, 0.4) is 0 Å². The number of hydrogen-bond acceptors (Lipinski definition) is 4. The Morgan fingerprint density at radius 2 is 1.79 bits per heavy atom. The van der Waals surface area contributed by atoms with Gasteiger partial charge in [0.25, 0.3) is 5.91 Å². The molecule has 0 spiro atoms. The Morgan fingerprint density at radius 1 is 1.07 bits per heavy atom. The third kappa shape index (κ3) is 10.1. The van der Waals surface area contributed by atoms with Crippen LogP contribution >= 0.6 is 0 Å². The Bertz CT molecular complexity index is 647. The summed E-state index contributed by atoms with van der Waals surface area (Å²) < 4.78 is 11.0. The van der Waals surface area contributed by atoms with Gasteiger partial charge in [-0.25, -0.2) is 4.99 Å². The van der Waals surface area contributed by atoms with E-state index in [1.165, 1.54) is 6.42 Å². The van der Waals surface area contributed by atoms with Gasteiger partial charge in [0, 0.05) is 19.1 Å². The quantitative estimate of drug-likeness (QED) is 0.367. The zero-order chi connectivity index (χ0) is 21.6. The monoisotopic (exact) mass is 406 g/mol. The highest BCUT2D eigenvalue weighted by Gasteiger charge is 2.09. The van der Waals surface area contributed by atoms with E-state index in [1.54, 1.807) is 7.11 Å². The van der Waals surface area contributed by atoms with Crippen LogP contribution in [0.4, 0.5) is 0 Å². The fourth-order valence-electron chi connectivity index (χ4n) is 2.70. The van der Waals surface area contributed by atoms with Crippen LogP contribution in [0.15, 0.2) is 23.2 Å². The fourth-order valence-corrected chi connectivity index (χ4v) is 2.70. The molecule has 29 heavy (non-hydrogen) atoms. The van der Waals surface area contributed by atoms with E-state index >= 15 is 0 Å². The van der Waals surface area contributed by atoms with Crippen molar-refractivity contribution in [2.45, 2.75) is 60.0 Å². The van der Waals surface area contributed by atoms with Crippen LogP contribution in [0.5, 0.6) is 11.5 Å². The molecule has 0 aliphatic heterocycles. The highest BCUT2D eigenvalue weighted by atomic mass is 16.5. The van der Waals surface area contributed by atoms with E-state index in [4.69, 9.17) is 9.47 Å². The number of carbonyl (C=O) groups is 1. The summed E-state index contributed by atoms with van der Waals surface area (Å²) in [4.78, 5) is 16.3. The molecule has 1 rings (SSSR count). The maximum Gasteiger partial charge on any atom is 0.257 e. The SMILES string of the molecule is CCNC(=O)COc1ccc(CN=C(NCC)NC(C)CCC(C)C)cc1OC. The fraction of sp³-hybridized carbons (Fsp3) is 0.636. The van der Waals surface area contributed by atoms with E-state index in [9.17, 15) is 4.79 Å². The molecule has 164 valence electrons. The van der Waals surface area contributed by atoms with Crippen molar-refractivity contribution in [3.63, 3.8) is 0 Å². The molecular formula is C22H38N4O3. The lowest BCUT2D eigenvalue weighted by molar-refractivity contribution is -0.123. The highest BCUT2D eigenvalue weighted by molar-refractivity contribution is 5.80. The first-order valence-corrected chi connectivity index (χ1v) is 10.5. The van der Waals surface area contributed by atoms with Crippen LogP contribution in [-0.2, 0) is 11.3 Å². The van der Waals surface area contributed by atoms with Gasteiger partial charge in [-0.2, -0.15) is 0 Å². The Balaban J connectivity index is 2.74. The van der Waals surface area contributed by atoms with Crippen molar-refractivity contribution in [1.82, 2.24) is 16.0 Å². The van der Waals surface area contributed by atoms with E-state index in [2.05, 4.69) is 48.6 Å². The Hall–Kier alpha value is -2.44. The first-order chi connectivity index (χ1) is 13.9. The molecule has 0 aliphatic carbocycles. The lowest BCUT2D eigenvalue weighted by Crippen LogP contribution is -2.42. The Labute approximate surface area is 175 Å². The van der Waals surface area contributed by atoms with Crippen LogP contribution in [-0.4, -0.2) is 44.7 Å². The van der Waals surface area contributed by atoms with Crippen LogP contribution in [0.2, 0.25) is 0 Å². The minimum Gasteiger partial charge on any atom is -0.493 e. The van der Waals surface area contributed by atoms with Gasteiger partial charge in [-0.15, -0.1) is 0 Å². The topological polar surface area (TPSA) is 84.0 Å². The number of carbonyl (C=O) groups excluding carboxylic acids is 1. The average Bonchev–Trinajstić information content (AvgIpc) is 2.69. The normalized spacial score (nSPS) is 12.4. The summed E-state index contributed by atoms with van der Waals surface area (Å²) in [6.07, 6.45) is 2.29. The van der Waals surface area contributed by atoms with Crippen molar-refractivity contribution in [2.75, 3.05) is 26.8 Å². The van der Waals surface area contributed by atoms with Crippen molar-refractivity contribution >= 4 is 11.9 Å². The predicted molar refractivity (Wildman–Crippen MR) is 119 cm³/mol. The number of ether oxygens (including phenoxy) is 2. The number of nitrogens with zero attached hydrogens (tertiary/aromatic N) is 1. The van der Waals surface area contributed by atoms with Gasteiger partial charge >= 0.3 is 0 Å². The van der Waals surface area contributed by atoms with Gasteiger partial charge in [0.1, 0.15) is 0 Å². The van der Waals surface area contributed by atoms with Gasteiger partial charge < -0.3 is 25.4 Å². The van der Waals surface area contributed by atoms with Crippen LogP contribution < -0.4 is 25.4 Å². The molecule has 1 aromatic carbocycles. The summed E-state index contributed by atoms with van der Waals surface area (Å²) >= 11 is 0. The van der Waals surface area contributed by atoms with Crippen molar-refractivity contribution in [3.05, 3.63) is 23.8 Å². The van der Waals surface area contributed by atoms with Gasteiger partial charge in [0.15, 0.2) is 24.1 Å². The standard InChI is InChI=1S/C22H38N4O3/c1-7-23-21(27)15-29-19-12-11-18(13-20(19)28-6)14-25-22(24-8-2)26-17(5)10-9-16(3)4/h11-13,16-17H,7-10,14-15H2,1-6H3,(H,23,27)(H2,24,25,26). The van der Waals surface area contributed by atoms with Crippen molar-refractivity contribution in [1.29, 1.82) is 0 Å². The van der Waals surface area contributed by atoms with E-state index in [1.807, 2.05) is 25.1 Å². The molecular weight excluding hydrogens is 368 g/mol. The van der Waals surface area contributed by atoms with E-state index in [0.717, 1.165) is 24.5 Å². The molecule has 0 radical (unpaired) electrons. The zero-order valence-corrected chi connectivity index (χ0v) is 18.8. The molecule has 0 saturated heterocycles. The molecule has 3 N–H and O–H groups in total. The van der Waals surface area contributed by atoms with Gasteiger partial charge in [0.05, 0.1) is 13.7 Å². The number of rotatable bonds is 12. The second kappa shape index (κ2) is 13.7. The molecule has 7 nitrogen and oxygen atoms in total. The minimum absolute atomic E-state index is 0.0372. The molecule has 0 fully saturated rings. The zero-order valence-electron chi connectivity index (χ0n) is 18.8. The van der Waals surface area contributed by atoms with Crippen molar-refractivity contribution in [2.24, 2.45) is 10.9 Å². The van der Waals surface area contributed by atoms with E-state index < -0.39 is 0 Å². The summed E-state index contributed by atoms with van der Waals surface area (Å²) in [7, 11) is 1.59. The number of likely N-dealkylation sites (N-methyl/N-ethyl adjacent to an activating group) is 1. The van der Waals surface area contributed by atoms with Crippen LogP contribution in [0, 0.1) is 5.92 Å². The first-order valence-electron chi connectivity index (χ1n) is 10.5. The highest BCUT2D eigenvalue weighted by Crippen LogP contribution is 2.28. The lowest BCUT2D eigenvalue weighted by Gasteiger charge is -2.18. The number of nitrogens with one attached hydrogen (secondary N) is 3. The number of aliphatic imine (C=N–C) groups is 1. The molecule has 7 heteroatoms. The maximum atomic E-state index is 11.6. The summed E-state index contributed by atoms with van der Waals surface area (Å²) in [5.74, 6) is 2.47. The Morgan fingerprint density at radius 3 is 2.41 bits per heavy atom. The number of amides is 1. The number of benzene rings is 1.